The van der Waals surface area contributed by atoms with Crippen LogP contribution in [0.15, 0.2) is 72.3 Å². The van der Waals surface area contributed by atoms with E-state index < -0.39 is 17.7 Å². The Kier molecular flexibility index (Phi) is 6.09. The standard InChI is InChI=1S/C29H26N2O6/c1-16-24(20-7-5-6-8-22(20)30-16)26-25(27(32)21-14-13-19(36-3)15-23(21)37-4)28(33)29(34)31(26)17-9-11-18(35-2)12-10-17/h5-15,26,30,32H,1-4H3/b27-25+. The van der Waals surface area contributed by atoms with E-state index in [0.29, 0.717) is 22.9 Å². The van der Waals surface area contributed by atoms with Crippen molar-refractivity contribution >= 4 is 34.0 Å². The summed E-state index contributed by atoms with van der Waals surface area (Å²) in [5.74, 6) is -0.417. The SMILES string of the molecule is COc1ccc(N2C(=O)C(=O)/C(=C(/O)c3ccc(OC)cc3OC)C2c2c(C)[nH]c3ccccc23)cc1. The van der Waals surface area contributed by atoms with Gasteiger partial charge >= 0.3 is 0 Å². The molecule has 0 bridgehead atoms. The first-order valence-electron chi connectivity index (χ1n) is 11.6. The number of aryl methyl sites for hydroxylation is 1. The molecular weight excluding hydrogens is 472 g/mol. The molecule has 2 N–H and O–H groups in total. The van der Waals surface area contributed by atoms with Gasteiger partial charge < -0.3 is 24.3 Å². The number of aliphatic hydroxyl groups excluding tert-OH is 1. The highest BCUT2D eigenvalue weighted by Crippen LogP contribution is 2.46. The van der Waals surface area contributed by atoms with Gasteiger partial charge in [-0.2, -0.15) is 0 Å². The maximum absolute atomic E-state index is 13.6. The number of aromatic amines is 1. The number of benzene rings is 3. The zero-order chi connectivity index (χ0) is 26.3. The molecule has 1 aliphatic rings. The number of aliphatic hydroxyl groups is 1. The van der Waals surface area contributed by atoms with Gasteiger partial charge in [-0.05, 0) is 49.4 Å². The molecule has 0 aliphatic carbocycles. The summed E-state index contributed by atoms with van der Waals surface area (Å²) in [6.45, 7) is 1.89. The third-order valence-electron chi connectivity index (χ3n) is 6.68. The first-order chi connectivity index (χ1) is 17.9. The summed E-state index contributed by atoms with van der Waals surface area (Å²) in [6.07, 6.45) is 0. The Morgan fingerprint density at radius 3 is 2.24 bits per heavy atom. The summed E-state index contributed by atoms with van der Waals surface area (Å²) in [6, 6.07) is 18.5. The van der Waals surface area contributed by atoms with Gasteiger partial charge in [0.1, 0.15) is 23.0 Å². The van der Waals surface area contributed by atoms with Crippen molar-refractivity contribution in [2.45, 2.75) is 13.0 Å². The molecule has 188 valence electrons. The summed E-state index contributed by atoms with van der Waals surface area (Å²) < 4.78 is 16.0. The number of ketones is 1. The van der Waals surface area contributed by atoms with Crippen LogP contribution in [-0.2, 0) is 9.59 Å². The zero-order valence-electron chi connectivity index (χ0n) is 20.9. The maximum Gasteiger partial charge on any atom is 0.300 e. The first kappa shape index (κ1) is 24.0. The van der Waals surface area contributed by atoms with E-state index in [1.54, 1.807) is 49.6 Å². The van der Waals surface area contributed by atoms with Crippen LogP contribution in [0, 0.1) is 6.92 Å². The van der Waals surface area contributed by atoms with Crippen molar-refractivity contribution in [3.8, 4) is 17.2 Å². The smallest absolute Gasteiger partial charge is 0.300 e. The lowest BCUT2D eigenvalue weighted by Gasteiger charge is -2.26. The fourth-order valence-electron chi connectivity index (χ4n) is 4.90. The Labute approximate surface area is 213 Å². The molecule has 1 amide bonds. The molecule has 8 heteroatoms. The second-order valence-corrected chi connectivity index (χ2v) is 8.64. The van der Waals surface area contributed by atoms with Gasteiger partial charge in [-0.3, -0.25) is 14.5 Å². The van der Waals surface area contributed by atoms with Gasteiger partial charge in [-0.15, -0.1) is 0 Å². The number of nitrogens with zero attached hydrogens (tertiary/aromatic N) is 1. The number of carbonyl (C=O) groups excluding carboxylic acids is 2. The molecular formula is C29H26N2O6. The number of aromatic nitrogens is 1. The van der Waals surface area contributed by atoms with E-state index >= 15 is 0 Å². The van der Waals surface area contributed by atoms with E-state index in [2.05, 4.69) is 4.98 Å². The number of hydrogen-bond donors (Lipinski definition) is 2. The maximum atomic E-state index is 13.6. The van der Waals surface area contributed by atoms with Crippen LogP contribution in [0.5, 0.6) is 17.2 Å². The van der Waals surface area contributed by atoms with E-state index in [4.69, 9.17) is 14.2 Å². The number of anilines is 1. The zero-order valence-corrected chi connectivity index (χ0v) is 20.9. The van der Waals surface area contributed by atoms with Crippen LogP contribution in [0.1, 0.15) is 22.9 Å². The van der Waals surface area contributed by atoms with Crippen LogP contribution in [-0.4, -0.2) is 43.1 Å². The normalized spacial score (nSPS) is 16.9. The van der Waals surface area contributed by atoms with E-state index in [-0.39, 0.29) is 16.9 Å². The Bertz CT molecular complexity index is 1550. The molecule has 4 aromatic rings. The van der Waals surface area contributed by atoms with Gasteiger partial charge in [0.25, 0.3) is 11.7 Å². The molecule has 0 spiro atoms. The number of rotatable bonds is 6. The minimum atomic E-state index is -0.892. The van der Waals surface area contributed by atoms with Gasteiger partial charge in [0.05, 0.1) is 38.5 Å². The van der Waals surface area contributed by atoms with Crippen LogP contribution in [0.2, 0.25) is 0 Å². The average molecular weight is 499 g/mol. The van der Waals surface area contributed by atoms with Crippen molar-refractivity contribution in [3.63, 3.8) is 0 Å². The molecule has 0 radical (unpaired) electrons. The van der Waals surface area contributed by atoms with Gasteiger partial charge in [-0.25, -0.2) is 0 Å². The van der Waals surface area contributed by atoms with E-state index in [1.807, 2.05) is 31.2 Å². The third-order valence-corrected chi connectivity index (χ3v) is 6.68. The minimum absolute atomic E-state index is 0.0304. The second kappa shape index (κ2) is 9.39. The second-order valence-electron chi connectivity index (χ2n) is 8.64. The van der Waals surface area contributed by atoms with Gasteiger partial charge in [-0.1, -0.05) is 18.2 Å². The number of amides is 1. The number of Topliss-reactive ketones (excluding diaryl/α,β-unsaturated/α-hetero) is 1. The van der Waals surface area contributed by atoms with Crippen LogP contribution < -0.4 is 19.1 Å². The number of fused-ring (bicyclic) bond motifs is 1. The molecule has 1 aromatic heterocycles. The predicted octanol–water partition coefficient (Wildman–Crippen LogP) is 5.13. The summed E-state index contributed by atoms with van der Waals surface area (Å²) in [5, 5.41) is 12.4. The van der Waals surface area contributed by atoms with Crippen molar-refractivity contribution in [2.24, 2.45) is 0 Å². The highest BCUT2D eigenvalue weighted by Gasteiger charge is 2.48. The average Bonchev–Trinajstić information content (AvgIpc) is 3.39. The Morgan fingerprint density at radius 1 is 0.892 bits per heavy atom. The molecule has 3 aromatic carbocycles. The molecule has 0 saturated carbocycles. The van der Waals surface area contributed by atoms with Crippen molar-refractivity contribution in [1.82, 2.24) is 4.98 Å². The first-order valence-corrected chi connectivity index (χ1v) is 11.6. The summed E-state index contributed by atoms with van der Waals surface area (Å²) >= 11 is 0. The number of methoxy groups -OCH3 is 3. The Balaban J connectivity index is 1.80. The van der Waals surface area contributed by atoms with E-state index in [0.717, 1.165) is 22.2 Å². The number of nitrogens with one attached hydrogen (secondary N) is 1. The van der Waals surface area contributed by atoms with Crippen molar-refractivity contribution in [3.05, 3.63) is 89.1 Å². The van der Waals surface area contributed by atoms with Crippen LogP contribution in [0.4, 0.5) is 5.69 Å². The molecule has 37 heavy (non-hydrogen) atoms. The summed E-state index contributed by atoms with van der Waals surface area (Å²) in [4.78, 5) is 31.9. The summed E-state index contributed by atoms with van der Waals surface area (Å²) in [7, 11) is 4.54. The monoisotopic (exact) mass is 498 g/mol. The molecule has 1 aliphatic heterocycles. The number of hydrogen-bond acceptors (Lipinski definition) is 6. The lowest BCUT2D eigenvalue weighted by Crippen LogP contribution is -2.29. The lowest BCUT2D eigenvalue weighted by atomic mass is 9.93. The number of ether oxygens (including phenoxy) is 3. The largest absolute Gasteiger partial charge is 0.507 e. The highest BCUT2D eigenvalue weighted by atomic mass is 16.5. The Morgan fingerprint density at radius 2 is 1.57 bits per heavy atom. The molecule has 8 nitrogen and oxygen atoms in total. The fraction of sp³-hybridized carbons (Fsp3) is 0.172. The summed E-state index contributed by atoms with van der Waals surface area (Å²) in [5.41, 5.74) is 3.10. The molecule has 1 saturated heterocycles. The number of H-pyrrole nitrogens is 1. The topological polar surface area (TPSA) is 101 Å². The van der Waals surface area contributed by atoms with Gasteiger partial charge in [0.2, 0.25) is 0 Å². The fourth-order valence-corrected chi connectivity index (χ4v) is 4.90. The van der Waals surface area contributed by atoms with Crippen molar-refractivity contribution < 1.29 is 28.9 Å². The number of para-hydroxylation sites is 1. The van der Waals surface area contributed by atoms with Crippen LogP contribution in [0.3, 0.4) is 0 Å². The van der Waals surface area contributed by atoms with Crippen molar-refractivity contribution in [1.29, 1.82) is 0 Å². The molecule has 5 rings (SSSR count). The van der Waals surface area contributed by atoms with E-state index in [9.17, 15) is 14.7 Å². The molecule has 2 heterocycles. The van der Waals surface area contributed by atoms with Crippen LogP contribution >= 0.6 is 0 Å². The molecule has 1 fully saturated rings. The minimum Gasteiger partial charge on any atom is -0.507 e. The quantitative estimate of drug-likeness (QED) is 0.217. The van der Waals surface area contributed by atoms with Gasteiger partial charge in [0, 0.05) is 33.9 Å². The lowest BCUT2D eigenvalue weighted by molar-refractivity contribution is -0.132. The predicted molar refractivity (Wildman–Crippen MR) is 140 cm³/mol. The van der Waals surface area contributed by atoms with Crippen LogP contribution in [0.25, 0.3) is 16.7 Å². The molecule has 1 unspecified atom stereocenters. The van der Waals surface area contributed by atoms with Crippen molar-refractivity contribution in [2.75, 3.05) is 26.2 Å². The number of carbonyl (C=O) groups is 2. The third kappa shape index (κ3) is 3.87. The molecule has 1 atom stereocenters. The Hall–Kier alpha value is -4.72. The van der Waals surface area contributed by atoms with E-state index in [1.165, 1.54) is 19.1 Å². The van der Waals surface area contributed by atoms with Gasteiger partial charge in [0.15, 0.2) is 0 Å². The highest BCUT2D eigenvalue weighted by molar-refractivity contribution is 6.52.